The van der Waals surface area contributed by atoms with E-state index in [2.05, 4.69) is 119 Å². The zero-order valence-electron chi connectivity index (χ0n) is 21.6. The van der Waals surface area contributed by atoms with Crippen LogP contribution in [0.15, 0.2) is 66.9 Å². The maximum Gasteiger partial charge on any atom is 0.169 e. The topological polar surface area (TPSA) is 14.2 Å². The van der Waals surface area contributed by atoms with Crippen molar-refractivity contribution in [2.45, 2.75) is 64.1 Å². The Morgan fingerprint density at radius 1 is 0.794 bits per heavy atom. The van der Waals surface area contributed by atoms with Crippen LogP contribution in [0.2, 0.25) is 16.6 Å². The van der Waals surface area contributed by atoms with E-state index in [1.54, 1.807) is 7.11 Å². The van der Waals surface area contributed by atoms with E-state index in [1.807, 2.05) is 0 Å². The molecule has 34 heavy (non-hydrogen) atoms. The molecule has 3 aromatic carbocycles. The zero-order valence-corrected chi connectivity index (χ0v) is 22.6. The fourth-order valence-corrected chi connectivity index (χ4v) is 13.2. The van der Waals surface area contributed by atoms with Crippen molar-refractivity contribution in [3.63, 3.8) is 0 Å². The molecular weight excluding hydrogens is 430 g/mol. The van der Waals surface area contributed by atoms with Gasteiger partial charge < -0.3 is 8.97 Å². The molecule has 176 valence electrons. The van der Waals surface area contributed by atoms with Gasteiger partial charge in [0.15, 0.2) is 8.24 Å². The lowest BCUT2D eigenvalue weighted by molar-refractivity contribution is 0.415. The molecule has 0 spiro atoms. The van der Waals surface area contributed by atoms with Crippen molar-refractivity contribution < 1.29 is 4.74 Å². The van der Waals surface area contributed by atoms with Crippen LogP contribution >= 0.6 is 0 Å². The number of fused-ring (bicyclic) bond motifs is 2. The predicted octanol–water partition coefficient (Wildman–Crippen LogP) is 8.59. The van der Waals surface area contributed by atoms with Crippen LogP contribution in [0.1, 0.15) is 58.6 Å². The second-order valence-electron chi connectivity index (χ2n) is 10.4. The minimum absolute atomic E-state index is 0.139. The monoisotopic (exact) mass is 467 g/mol. The summed E-state index contributed by atoms with van der Waals surface area (Å²) in [5.41, 5.74) is 5.42. The molecule has 0 fully saturated rings. The standard InChI is InChI=1S/C31H37NOSi/c1-9-26(28-16-12-14-24-13-10-11-15-27(24)28)30-20-32(31-18-17-25(33-8)19-29(30)31)34(21(2)3,22(4)5)23(6)7/h1,10-23,26H,2-8H3/t26-/m0/s1. The third kappa shape index (κ3) is 3.65. The Morgan fingerprint density at radius 3 is 2.06 bits per heavy atom. The summed E-state index contributed by atoms with van der Waals surface area (Å²) in [7, 11) is -0.248. The van der Waals surface area contributed by atoms with Crippen LogP contribution in [0.5, 0.6) is 5.75 Å². The quantitative estimate of drug-likeness (QED) is 0.196. The van der Waals surface area contributed by atoms with E-state index in [0.29, 0.717) is 16.6 Å². The fourth-order valence-electron chi connectivity index (χ4n) is 6.60. The normalized spacial score (nSPS) is 13.2. The molecule has 1 heterocycles. The Labute approximate surface area is 206 Å². The van der Waals surface area contributed by atoms with Gasteiger partial charge in [0.25, 0.3) is 0 Å². The number of rotatable bonds is 7. The Hall–Kier alpha value is -2.96. The Balaban J connectivity index is 2.08. The van der Waals surface area contributed by atoms with E-state index < -0.39 is 8.24 Å². The Kier molecular flexibility index (Phi) is 6.65. The molecule has 0 bridgehead atoms. The second kappa shape index (κ2) is 9.35. The largest absolute Gasteiger partial charge is 0.497 e. The zero-order chi connectivity index (χ0) is 24.6. The third-order valence-electron chi connectivity index (χ3n) is 7.85. The van der Waals surface area contributed by atoms with E-state index in [0.717, 1.165) is 5.75 Å². The molecule has 0 N–H and O–H groups in total. The van der Waals surface area contributed by atoms with E-state index in [-0.39, 0.29) is 5.92 Å². The minimum Gasteiger partial charge on any atom is -0.497 e. The van der Waals surface area contributed by atoms with Gasteiger partial charge in [-0.1, -0.05) is 89.9 Å². The molecule has 4 rings (SSSR count). The first kappa shape index (κ1) is 24.2. The highest BCUT2D eigenvalue weighted by atomic mass is 28.3. The number of hydrogen-bond acceptors (Lipinski definition) is 1. The van der Waals surface area contributed by atoms with Crippen LogP contribution in [-0.4, -0.2) is 19.6 Å². The molecule has 0 saturated carbocycles. The van der Waals surface area contributed by atoms with Gasteiger partial charge in [0, 0.05) is 17.1 Å². The maximum absolute atomic E-state index is 6.31. The second-order valence-corrected chi connectivity index (χ2v) is 16.1. The number of hydrogen-bond donors (Lipinski definition) is 0. The van der Waals surface area contributed by atoms with Gasteiger partial charge in [0.2, 0.25) is 0 Å². The third-order valence-corrected chi connectivity index (χ3v) is 14.6. The summed E-state index contributed by atoms with van der Waals surface area (Å²) in [4.78, 5) is 0. The number of aromatic nitrogens is 1. The molecule has 0 radical (unpaired) electrons. The lowest BCUT2D eigenvalue weighted by Gasteiger charge is -2.44. The minimum atomic E-state index is -1.98. The fraction of sp³-hybridized carbons (Fsp3) is 0.355. The van der Waals surface area contributed by atoms with Crippen LogP contribution in [0.3, 0.4) is 0 Å². The van der Waals surface area contributed by atoms with Crippen molar-refractivity contribution in [1.82, 2.24) is 4.23 Å². The molecule has 0 aliphatic carbocycles. The van der Waals surface area contributed by atoms with E-state index in [4.69, 9.17) is 11.2 Å². The molecule has 0 aliphatic heterocycles. The van der Waals surface area contributed by atoms with Gasteiger partial charge in [-0.15, -0.1) is 6.42 Å². The summed E-state index contributed by atoms with van der Waals surface area (Å²) >= 11 is 0. The Morgan fingerprint density at radius 2 is 1.44 bits per heavy atom. The van der Waals surface area contributed by atoms with E-state index in [1.165, 1.54) is 32.8 Å². The van der Waals surface area contributed by atoms with Crippen molar-refractivity contribution in [2.24, 2.45) is 0 Å². The number of terminal acetylenes is 1. The van der Waals surface area contributed by atoms with Gasteiger partial charge in [0.1, 0.15) is 5.75 Å². The van der Waals surface area contributed by atoms with Crippen LogP contribution in [0.4, 0.5) is 0 Å². The van der Waals surface area contributed by atoms with Crippen molar-refractivity contribution >= 4 is 29.9 Å². The summed E-state index contributed by atoms with van der Waals surface area (Å²) in [6.45, 7) is 14.4. The van der Waals surface area contributed by atoms with Gasteiger partial charge in [-0.05, 0) is 56.7 Å². The van der Waals surface area contributed by atoms with Crippen LogP contribution < -0.4 is 4.74 Å². The first-order valence-electron chi connectivity index (χ1n) is 12.4. The first-order valence-corrected chi connectivity index (χ1v) is 14.6. The molecule has 0 aliphatic rings. The van der Waals surface area contributed by atoms with Gasteiger partial charge in [-0.25, -0.2) is 0 Å². The van der Waals surface area contributed by atoms with Gasteiger partial charge in [0.05, 0.1) is 13.0 Å². The van der Waals surface area contributed by atoms with Crippen LogP contribution in [0.25, 0.3) is 21.7 Å². The lowest BCUT2D eigenvalue weighted by Crippen LogP contribution is -2.51. The average molecular weight is 468 g/mol. The van der Waals surface area contributed by atoms with Crippen molar-refractivity contribution in [3.05, 3.63) is 78.0 Å². The molecule has 1 aromatic heterocycles. The van der Waals surface area contributed by atoms with Crippen molar-refractivity contribution in [3.8, 4) is 18.1 Å². The molecule has 1 atom stereocenters. The summed E-state index contributed by atoms with van der Waals surface area (Å²) in [6, 6.07) is 21.5. The molecular formula is C31H37NOSi. The van der Waals surface area contributed by atoms with Gasteiger partial charge in [-0.2, -0.15) is 0 Å². The Bertz CT molecular complexity index is 1330. The van der Waals surface area contributed by atoms with Crippen LogP contribution in [-0.2, 0) is 0 Å². The van der Waals surface area contributed by atoms with Gasteiger partial charge >= 0.3 is 0 Å². The summed E-state index contributed by atoms with van der Waals surface area (Å²) in [5.74, 6) is 3.90. The predicted molar refractivity (Wildman–Crippen MR) is 150 cm³/mol. The molecule has 0 amide bonds. The molecule has 4 aromatic rings. The average Bonchev–Trinajstić information content (AvgIpc) is 3.18. The van der Waals surface area contributed by atoms with Crippen molar-refractivity contribution in [1.29, 1.82) is 0 Å². The smallest absolute Gasteiger partial charge is 0.169 e. The number of benzene rings is 3. The molecule has 3 heteroatoms. The van der Waals surface area contributed by atoms with Gasteiger partial charge in [-0.3, -0.25) is 0 Å². The summed E-state index contributed by atoms with van der Waals surface area (Å²) in [5, 5.41) is 3.64. The SMILES string of the molecule is C#C[C@@H](c1cccc2ccccc12)c1cn([Si](C(C)C)(C(C)C)C(C)C)c2ccc(OC)cc12. The van der Waals surface area contributed by atoms with E-state index in [9.17, 15) is 0 Å². The maximum atomic E-state index is 6.31. The lowest BCUT2D eigenvalue weighted by atomic mass is 9.88. The number of ether oxygens (including phenoxy) is 1. The summed E-state index contributed by atoms with van der Waals surface area (Å²) < 4.78 is 8.33. The molecule has 2 nitrogen and oxygen atoms in total. The molecule has 0 saturated heterocycles. The van der Waals surface area contributed by atoms with Crippen LogP contribution in [0, 0.1) is 12.3 Å². The summed E-state index contributed by atoms with van der Waals surface area (Å²) in [6.07, 6.45) is 8.71. The van der Waals surface area contributed by atoms with E-state index >= 15 is 0 Å². The number of nitrogens with zero attached hydrogens (tertiary/aromatic N) is 1. The molecule has 0 unspecified atom stereocenters. The highest BCUT2D eigenvalue weighted by Crippen LogP contribution is 2.46. The number of methoxy groups -OCH3 is 1. The first-order chi connectivity index (χ1) is 16.3. The van der Waals surface area contributed by atoms with Crippen molar-refractivity contribution in [2.75, 3.05) is 7.11 Å². The highest BCUT2D eigenvalue weighted by Gasteiger charge is 2.46. The highest BCUT2D eigenvalue weighted by molar-refractivity contribution is 6.82.